The van der Waals surface area contributed by atoms with Crippen molar-refractivity contribution in [3.05, 3.63) is 41.6 Å². The number of benzene rings is 1. The highest BCUT2D eigenvalue weighted by Crippen LogP contribution is 2.37. The summed E-state index contributed by atoms with van der Waals surface area (Å²) in [6, 6.07) is 5.89. The Labute approximate surface area is 150 Å². The van der Waals surface area contributed by atoms with Gasteiger partial charge in [0.25, 0.3) is 0 Å². The van der Waals surface area contributed by atoms with Crippen LogP contribution in [0.25, 0.3) is 10.9 Å². The van der Waals surface area contributed by atoms with E-state index < -0.39 is 8.32 Å². The van der Waals surface area contributed by atoms with Crippen molar-refractivity contribution in [2.24, 2.45) is 0 Å². The van der Waals surface area contributed by atoms with Crippen LogP contribution in [0.15, 0.2) is 30.4 Å². The van der Waals surface area contributed by atoms with Crippen molar-refractivity contribution in [3.8, 4) is 5.75 Å². The second kappa shape index (κ2) is 6.14. The maximum Gasteiger partial charge on any atom is 0.192 e. The lowest BCUT2D eigenvalue weighted by molar-refractivity contribution is 0.104. The fraction of sp³-hybridized carbons (Fsp3) is 0.450. The number of aromatic nitrogens is 1. The van der Waals surface area contributed by atoms with Crippen molar-refractivity contribution in [1.82, 2.24) is 4.98 Å². The summed E-state index contributed by atoms with van der Waals surface area (Å²) in [6.07, 6.45) is 3.27. The Hall–Kier alpha value is -1.85. The molecule has 2 aromatic rings. The number of hydrogen-bond donors (Lipinski definition) is 1. The van der Waals surface area contributed by atoms with Crippen molar-refractivity contribution < 1.29 is 14.0 Å². The van der Waals surface area contributed by atoms with E-state index in [4.69, 9.17) is 9.16 Å². The van der Waals surface area contributed by atoms with Crippen LogP contribution in [0.1, 0.15) is 43.7 Å². The summed E-state index contributed by atoms with van der Waals surface area (Å²) in [7, 11) is -1.80. The van der Waals surface area contributed by atoms with Crippen LogP contribution in [0.4, 0.5) is 0 Å². The predicted octanol–water partition coefficient (Wildman–Crippen LogP) is 5.21. The van der Waals surface area contributed by atoms with Crippen molar-refractivity contribution in [1.29, 1.82) is 0 Å². The van der Waals surface area contributed by atoms with E-state index in [-0.39, 0.29) is 16.9 Å². The number of carbonyl (C=O) groups excluding carboxylic acids is 1. The van der Waals surface area contributed by atoms with E-state index in [1.807, 2.05) is 19.1 Å². The van der Waals surface area contributed by atoms with Gasteiger partial charge in [-0.05, 0) is 49.3 Å². The van der Waals surface area contributed by atoms with Gasteiger partial charge in [-0.25, -0.2) is 0 Å². The molecule has 0 saturated heterocycles. The van der Waals surface area contributed by atoms with Gasteiger partial charge in [-0.2, -0.15) is 0 Å². The summed E-state index contributed by atoms with van der Waals surface area (Å²) >= 11 is 0. The quantitative estimate of drug-likeness (QED) is 0.767. The van der Waals surface area contributed by atoms with Gasteiger partial charge in [0, 0.05) is 22.7 Å². The molecule has 1 atom stereocenters. The number of carbonyl (C=O) groups is 1. The Bertz CT molecular complexity index is 842. The van der Waals surface area contributed by atoms with Crippen molar-refractivity contribution in [2.75, 3.05) is 0 Å². The van der Waals surface area contributed by atoms with Gasteiger partial charge in [0.1, 0.15) is 11.9 Å². The normalized spacial score (nSPS) is 18.2. The second-order valence-electron chi connectivity index (χ2n) is 8.33. The van der Waals surface area contributed by atoms with E-state index in [1.165, 1.54) is 0 Å². The highest BCUT2D eigenvalue weighted by Gasteiger charge is 2.37. The average Bonchev–Trinajstić information content (AvgIpc) is 2.84. The van der Waals surface area contributed by atoms with Crippen LogP contribution >= 0.6 is 0 Å². The molecule has 1 unspecified atom stereocenters. The van der Waals surface area contributed by atoms with Crippen LogP contribution in [0.3, 0.4) is 0 Å². The molecule has 0 radical (unpaired) electrons. The number of hydrogen-bond acceptors (Lipinski definition) is 3. The summed E-state index contributed by atoms with van der Waals surface area (Å²) < 4.78 is 12.1. The Kier molecular flexibility index (Phi) is 4.41. The smallest absolute Gasteiger partial charge is 0.192 e. The van der Waals surface area contributed by atoms with Gasteiger partial charge in [0.05, 0.1) is 12.2 Å². The minimum atomic E-state index is -1.80. The zero-order chi connectivity index (χ0) is 18.4. The summed E-state index contributed by atoms with van der Waals surface area (Å²) in [4.78, 5) is 15.7. The summed E-state index contributed by atoms with van der Waals surface area (Å²) in [5.74, 6) is 0.621. The maximum absolute atomic E-state index is 12.3. The molecule has 0 bridgehead atoms. The number of rotatable bonds is 3. The summed E-state index contributed by atoms with van der Waals surface area (Å²) in [6.45, 7) is 13.7. The molecule has 1 aliphatic heterocycles. The molecule has 4 nitrogen and oxygen atoms in total. The van der Waals surface area contributed by atoms with Crippen LogP contribution in [-0.4, -0.2) is 25.2 Å². The van der Waals surface area contributed by atoms with Crippen LogP contribution < -0.4 is 4.74 Å². The first-order valence-corrected chi connectivity index (χ1v) is 11.7. The molecule has 0 aliphatic carbocycles. The molecule has 0 saturated carbocycles. The third-order valence-electron chi connectivity index (χ3n) is 5.27. The van der Waals surface area contributed by atoms with Gasteiger partial charge in [-0.15, -0.1) is 0 Å². The van der Waals surface area contributed by atoms with Gasteiger partial charge < -0.3 is 14.1 Å². The summed E-state index contributed by atoms with van der Waals surface area (Å²) in [5.41, 5.74) is 2.61. The molecule has 2 heterocycles. The fourth-order valence-corrected chi connectivity index (χ4v) is 3.57. The third-order valence-corrected chi connectivity index (χ3v) is 9.75. The van der Waals surface area contributed by atoms with Gasteiger partial charge in [0.15, 0.2) is 14.1 Å². The number of aromatic amines is 1. The zero-order valence-corrected chi connectivity index (χ0v) is 16.9. The van der Waals surface area contributed by atoms with Crippen LogP contribution in [0.5, 0.6) is 5.75 Å². The minimum absolute atomic E-state index is 0.0125. The molecule has 5 heteroatoms. The van der Waals surface area contributed by atoms with E-state index in [0.717, 1.165) is 16.6 Å². The monoisotopic (exact) mass is 357 g/mol. The highest BCUT2D eigenvalue weighted by atomic mass is 28.4. The number of ketones is 1. The Morgan fingerprint density at radius 2 is 1.96 bits per heavy atom. The third kappa shape index (κ3) is 3.57. The first kappa shape index (κ1) is 18.0. The number of fused-ring (bicyclic) bond motifs is 2. The molecule has 1 aliphatic rings. The number of H-pyrrole nitrogens is 1. The average molecular weight is 358 g/mol. The van der Waals surface area contributed by atoms with Crippen LogP contribution in [0, 0.1) is 0 Å². The zero-order valence-electron chi connectivity index (χ0n) is 15.9. The standard InChI is InChI=1S/C20H27NO3Si/c1-13-7-8-18(22)16-10-14-9-15(21-17(14)11-19(16)24-13)12-23-25(5,6)20(2,3)4/h7-11,13,21H,12H2,1-6H3. The second-order valence-corrected chi connectivity index (χ2v) is 13.1. The molecular weight excluding hydrogens is 330 g/mol. The van der Waals surface area contributed by atoms with Crippen molar-refractivity contribution >= 4 is 25.0 Å². The number of nitrogens with one attached hydrogen (secondary N) is 1. The first-order chi connectivity index (χ1) is 11.6. The molecule has 1 aromatic heterocycles. The fourth-order valence-electron chi connectivity index (χ4n) is 2.62. The molecule has 25 heavy (non-hydrogen) atoms. The Morgan fingerprint density at radius 1 is 1.24 bits per heavy atom. The SMILES string of the molecule is CC1C=CC(=O)c2cc3cc(CO[Si](C)(C)C(C)(C)C)[nH]c3cc2O1. The Morgan fingerprint density at radius 3 is 2.64 bits per heavy atom. The highest BCUT2D eigenvalue weighted by molar-refractivity contribution is 6.74. The van der Waals surface area contributed by atoms with Crippen molar-refractivity contribution in [2.45, 2.75) is 58.5 Å². The predicted molar refractivity (Wildman–Crippen MR) is 104 cm³/mol. The van der Waals surface area contributed by atoms with E-state index in [2.05, 4.69) is 44.9 Å². The summed E-state index contributed by atoms with van der Waals surface area (Å²) in [5, 5.41) is 1.19. The van der Waals surface area contributed by atoms with Gasteiger partial charge in [-0.3, -0.25) is 4.79 Å². The molecule has 1 aromatic carbocycles. The number of ether oxygens (including phenoxy) is 1. The van der Waals surface area contributed by atoms with Gasteiger partial charge >= 0.3 is 0 Å². The number of allylic oxidation sites excluding steroid dienone is 1. The lowest BCUT2D eigenvalue weighted by Gasteiger charge is -2.36. The van der Waals surface area contributed by atoms with Crippen LogP contribution in [0.2, 0.25) is 18.1 Å². The van der Waals surface area contributed by atoms with Crippen LogP contribution in [-0.2, 0) is 11.0 Å². The lowest BCUT2D eigenvalue weighted by Crippen LogP contribution is -2.40. The topological polar surface area (TPSA) is 51.3 Å². The maximum atomic E-state index is 12.3. The molecular formula is C20H27NO3Si. The first-order valence-electron chi connectivity index (χ1n) is 8.76. The molecule has 1 N–H and O–H groups in total. The molecule has 0 spiro atoms. The molecule has 134 valence electrons. The van der Waals surface area contributed by atoms with Gasteiger partial charge in [0.2, 0.25) is 0 Å². The largest absolute Gasteiger partial charge is 0.486 e. The van der Waals surface area contributed by atoms with E-state index >= 15 is 0 Å². The molecule has 0 fully saturated rings. The molecule has 0 amide bonds. The molecule has 3 rings (SSSR count). The van der Waals surface area contributed by atoms with E-state index in [1.54, 1.807) is 12.2 Å². The lowest BCUT2D eigenvalue weighted by atomic mass is 10.1. The minimum Gasteiger partial charge on any atom is -0.486 e. The Balaban J connectivity index is 1.89. The van der Waals surface area contributed by atoms with E-state index in [9.17, 15) is 4.79 Å². The van der Waals surface area contributed by atoms with Crippen molar-refractivity contribution in [3.63, 3.8) is 0 Å². The van der Waals surface area contributed by atoms with Gasteiger partial charge in [-0.1, -0.05) is 20.8 Å². The van der Waals surface area contributed by atoms with E-state index in [0.29, 0.717) is 17.9 Å².